The van der Waals surface area contributed by atoms with Gasteiger partial charge in [-0.05, 0) is 33.6 Å². The minimum absolute atomic E-state index is 0.0820. The molecule has 1 heterocycles. The summed E-state index contributed by atoms with van der Waals surface area (Å²) in [5.74, 6) is -0.00510. The predicted molar refractivity (Wildman–Crippen MR) is 102 cm³/mol. The van der Waals surface area contributed by atoms with Crippen LogP contribution in [0.4, 0.5) is 5.69 Å². The Morgan fingerprint density at radius 1 is 1.00 bits per heavy atom. The van der Waals surface area contributed by atoms with Gasteiger partial charge < -0.3 is 5.32 Å². The topological polar surface area (TPSA) is 66.5 Å². The average molecular weight is 423 g/mol. The molecule has 0 aliphatic carbocycles. The molecule has 1 aliphatic rings. The van der Waals surface area contributed by atoms with Crippen molar-refractivity contribution in [2.24, 2.45) is 0 Å². The molecule has 1 aliphatic heterocycles. The molecule has 3 rings (SSSR count). The summed E-state index contributed by atoms with van der Waals surface area (Å²) in [6.45, 7) is 0.705. The summed E-state index contributed by atoms with van der Waals surface area (Å²) < 4.78 is 24.3. The summed E-state index contributed by atoms with van der Waals surface area (Å²) in [4.78, 5) is 14.9. The number of carbonyl (C=O) groups excluding carboxylic acids is 1. The number of para-hydroxylation sites is 1. The molecule has 2 aromatic rings. The lowest BCUT2D eigenvalue weighted by atomic mass is 10.0. The third kappa shape index (κ3) is 4.48. The van der Waals surface area contributed by atoms with E-state index in [0.717, 1.165) is 10.0 Å². The van der Waals surface area contributed by atoms with Crippen LogP contribution in [-0.2, 0) is 14.6 Å². The number of sulfone groups is 1. The number of halogens is 1. The molecule has 2 aromatic carbocycles. The van der Waals surface area contributed by atoms with Gasteiger partial charge in [-0.25, -0.2) is 8.42 Å². The van der Waals surface area contributed by atoms with Crippen molar-refractivity contribution in [2.75, 3.05) is 29.9 Å². The first-order valence-electron chi connectivity index (χ1n) is 8.01. The number of nitrogens with zero attached hydrogens (tertiary/aromatic N) is 1. The maximum Gasteiger partial charge on any atom is 0.246 e. The number of hydrogen-bond donors (Lipinski definition) is 1. The standard InChI is InChI=1S/C18H19BrN2O3S/c19-15-8-4-5-9-16(15)20-18(22)17(14-6-2-1-3-7-14)21-10-12-25(23,24)13-11-21/h1-9,17H,10-13H2,(H,20,22). The van der Waals surface area contributed by atoms with Crippen molar-refractivity contribution in [2.45, 2.75) is 6.04 Å². The molecule has 7 heteroatoms. The predicted octanol–water partition coefficient (Wildman–Crippen LogP) is 2.86. The van der Waals surface area contributed by atoms with Gasteiger partial charge in [0.15, 0.2) is 9.84 Å². The van der Waals surface area contributed by atoms with Crippen LogP contribution in [-0.4, -0.2) is 43.8 Å². The lowest BCUT2D eigenvalue weighted by Crippen LogP contribution is -2.46. The number of benzene rings is 2. The molecule has 5 nitrogen and oxygen atoms in total. The van der Waals surface area contributed by atoms with E-state index in [1.54, 1.807) is 0 Å². The van der Waals surface area contributed by atoms with Crippen molar-refractivity contribution < 1.29 is 13.2 Å². The maximum absolute atomic E-state index is 13.0. The van der Waals surface area contributed by atoms with E-state index in [9.17, 15) is 13.2 Å². The van der Waals surface area contributed by atoms with Gasteiger partial charge in [0.2, 0.25) is 5.91 Å². The SMILES string of the molecule is O=C(Nc1ccccc1Br)C(c1ccccc1)N1CCS(=O)(=O)CC1. The zero-order valence-corrected chi connectivity index (χ0v) is 16.0. The second-order valence-corrected chi connectivity index (χ2v) is 9.13. The van der Waals surface area contributed by atoms with Crippen LogP contribution in [0.15, 0.2) is 59.1 Å². The number of carbonyl (C=O) groups is 1. The summed E-state index contributed by atoms with van der Waals surface area (Å²) in [6.07, 6.45) is 0. The first-order chi connectivity index (χ1) is 12.0. The molecule has 1 fully saturated rings. The third-order valence-electron chi connectivity index (χ3n) is 4.24. The van der Waals surface area contributed by atoms with Gasteiger partial charge in [-0.1, -0.05) is 42.5 Å². The van der Waals surface area contributed by atoms with E-state index in [2.05, 4.69) is 21.2 Å². The van der Waals surface area contributed by atoms with E-state index < -0.39 is 15.9 Å². The lowest BCUT2D eigenvalue weighted by Gasteiger charge is -2.33. The molecule has 0 bridgehead atoms. The summed E-state index contributed by atoms with van der Waals surface area (Å²) in [5, 5.41) is 2.95. The molecule has 0 radical (unpaired) electrons. The van der Waals surface area contributed by atoms with Gasteiger partial charge in [0, 0.05) is 17.6 Å². The Bertz CT molecular complexity index is 842. The largest absolute Gasteiger partial charge is 0.323 e. The summed E-state index contributed by atoms with van der Waals surface area (Å²) in [6, 6.07) is 16.3. The highest BCUT2D eigenvalue weighted by atomic mass is 79.9. The van der Waals surface area contributed by atoms with Crippen molar-refractivity contribution in [1.82, 2.24) is 4.90 Å². The van der Waals surface area contributed by atoms with Crippen LogP contribution >= 0.6 is 15.9 Å². The average Bonchev–Trinajstić information content (AvgIpc) is 2.60. The van der Waals surface area contributed by atoms with E-state index in [1.807, 2.05) is 59.5 Å². The summed E-state index contributed by atoms with van der Waals surface area (Å²) in [5.41, 5.74) is 1.55. The zero-order chi connectivity index (χ0) is 17.9. The molecule has 132 valence electrons. The molecular weight excluding hydrogens is 404 g/mol. The smallest absolute Gasteiger partial charge is 0.246 e. The van der Waals surface area contributed by atoms with Crippen LogP contribution < -0.4 is 5.32 Å². The highest BCUT2D eigenvalue weighted by molar-refractivity contribution is 9.10. The Hall–Kier alpha value is -1.70. The highest BCUT2D eigenvalue weighted by Gasteiger charge is 2.32. The van der Waals surface area contributed by atoms with Crippen LogP contribution in [0.2, 0.25) is 0 Å². The molecule has 25 heavy (non-hydrogen) atoms. The minimum Gasteiger partial charge on any atom is -0.323 e. The van der Waals surface area contributed by atoms with E-state index in [0.29, 0.717) is 18.8 Å². The minimum atomic E-state index is -3.00. The molecule has 1 unspecified atom stereocenters. The molecule has 1 saturated heterocycles. The zero-order valence-electron chi connectivity index (χ0n) is 13.6. The van der Waals surface area contributed by atoms with Crippen molar-refractivity contribution in [3.63, 3.8) is 0 Å². The molecule has 1 atom stereocenters. The number of amides is 1. The Kier molecular flexibility index (Phi) is 5.56. The molecule has 0 spiro atoms. The van der Waals surface area contributed by atoms with E-state index in [4.69, 9.17) is 0 Å². The molecular formula is C18H19BrN2O3S. The normalized spacial score (nSPS) is 18.4. The molecule has 0 aromatic heterocycles. The third-order valence-corrected chi connectivity index (χ3v) is 6.54. The van der Waals surface area contributed by atoms with Crippen LogP contribution in [0.3, 0.4) is 0 Å². The van der Waals surface area contributed by atoms with Crippen LogP contribution in [0, 0.1) is 0 Å². The van der Waals surface area contributed by atoms with Gasteiger partial charge in [0.05, 0.1) is 17.2 Å². The molecule has 0 saturated carbocycles. The van der Waals surface area contributed by atoms with Crippen LogP contribution in [0.1, 0.15) is 11.6 Å². The van der Waals surface area contributed by atoms with E-state index in [1.165, 1.54) is 0 Å². The van der Waals surface area contributed by atoms with Gasteiger partial charge in [-0.3, -0.25) is 9.69 Å². The number of anilines is 1. The van der Waals surface area contributed by atoms with Gasteiger partial charge in [-0.15, -0.1) is 0 Å². The summed E-state index contributed by atoms with van der Waals surface area (Å²) in [7, 11) is -3.00. The van der Waals surface area contributed by atoms with Gasteiger partial charge >= 0.3 is 0 Å². The molecule has 1 N–H and O–H groups in total. The van der Waals surface area contributed by atoms with Crippen molar-refractivity contribution in [3.8, 4) is 0 Å². The number of rotatable bonds is 4. The first kappa shape index (κ1) is 18.1. The second-order valence-electron chi connectivity index (χ2n) is 5.97. The second kappa shape index (κ2) is 7.68. The van der Waals surface area contributed by atoms with Crippen LogP contribution in [0.25, 0.3) is 0 Å². The fraction of sp³-hybridized carbons (Fsp3) is 0.278. The Labute approximate surface area is 156 Å². The van der Waals surface area contributed by atoms with Gasteiger partial charge in [0.25, 0.3) is 0 Å². The summed E-state index contributed by atoms with van der Waals surface area (Å²) >= 11 is 3.43. The van der Waals surface area contributed by atoms with Gasteiger partial charge in [-0.2, -0.15) is 0 Å². The van der Waals surface area contributed by atoms with E-state index in [-0.39, 0.29) is 17.4 Å². The van der Waals surface area contributed by atoms with E-state index >= 15 is 0 Å². The number of hydrogen-bond acceptors (Lipinski definition) is 4. The highest BCUT2D eigenvalue weighted by Crippen LogP contribution is 2.27. The Morgan fingerprint density at radius 2 is 1.60 bits per heavy atom. The fourth-order valence-corrected chi connectivity index (χ4v) is 4.53. The van der Waals surface area contributed by atoms with Crippen molar-refractivity contribution >= 4 is 37.4 Å². The van der Waals surface area contributed by atoms with Crippen molar-refractivity contribution in [1.29, 1.82) is 0 Å². The number of nitrogens with one attached hydrogen (secondary N) is 1. The quantitative estimate of drug-likeness (QED) is 0.822. The molecule has 1 amide bonds. The Balaban J connectivity index is 1.86. The Morgan fingerprint density at radius 3 is 2.24 bits per heavy atom. The van der Waals surface area contributed by atoms with Crippen molar-refractivity contribution in [3.05, 3.63) is 64.6 Å². The maximum atomic E-state index is 13.0. The first-order valence-corrected chi connectivity index (χ1v) is 10.6. The lowest BCUT2D eigenvalue weighted by molar-refractivity contribution is -0.121. The fourth-order valence-electron chi connectivity index (χ4n) is 2.91. The van der Waals surface area contributed by atoms with Gasteiger partial charge in [0.1, 0.15) is 6.04 Å². The van der Waals surface area contributed by atoms with Crippen LogP contribution in [0.5, 0.6) is 0 Å². The monoisotopic (exact) mass is 422 g/mol.